The van der Waals surface area contributed by atoms with Gasteiger partial charge < -0.3 is 10.0 Å². The summed E-state index contributed by atoms with van der Waals surface area (Å²) in [6.45, 7) is 4.94. The lowest BCUT2D eigenvalue weighted by Gasteiger charge is -2.34. The molecule has 0 fully saturated rings. The molecule has 4 nitrogen and oxygen atoms in total. The van der Waals surface area contributed by atoms with Gasteiger partial charge in [-0.15, -0.1) is 11.8 Å². The fraction of sp³-hybridized carbons (Fsp3) is 0.429. The molecule has 0 aromatic heterocycles. The van der Waals surface area contributed by atoms with E-state index in [1.807, 2.05) is 0 Å². The molecule has 0 saturated heterocycles. The van der Waals surface area contributed by atoms with Crippen molar-refractivity contribution >= 4 is 23.6 Å². The number of aliphatic carboxylic acids is 1. The first-order valence-corrected chi connectivity index (χ1v) is 7.10. The third-order valence-corrected chi connectivity index (χ3v) is 3.63. The van der Waals surface area contributed by atoms with E-state index in [9.17, 15) is 14.0 Å². The normalized spacial score (nSPS) is 11.2. The van der Waals surface area contributed by atoms with Crippen LogP contribution < -0.4 is 0 Å². The lowest BCUT2D eigenvalue weighted by atomic mass is 10.1. The summed E-state index contributed by atoms with van der Waals surface area (Å²) in [6, 6.07) is 6.18. The van der Waals surface area contributed by atoms with Crippen molar-refractivity contribution < 1.29 is 19.1 Å². The molecule has 0 heterocycles. The zero-order chi connectivity index (χ0) is 15.3. The molecule has 1 aromatic rings. The number of carboxylic acids is 1. The summed E-state index contributed by atoms with van der Waals surface area (Å²) >= 11 is 1.07. The highest BCUT2D eigenvalue weighted by Gasteiger charge is 2.28. The van der Waals surface area contributed by atoms with Crippen LogP contribution in [0.4, 0.5) is 4.39 Å². The smallest absolute Gasteiger partial charge is 0.323 e. The standard InChI is InChI=1S/C14H18FNO3S/c1-14(2,3)16(8-13(18)19)12(17)9-20-11-7-5-4-6-10(11)15/h4-7H,8-9H2,1-3H3,(H,18,19). The van der Waals surface area contributed by atoms with Crippen molar-refractivity contribution in [3.8, 4) is 0 Å². The molecule has 6 heteroatoms. The van der Waals surface area contributed by atoms with Crippen molar-refractivity contribution in [1.29, 1.82) is 0 Å². The third kappa shape index (κ3) is 4.85. The van der Waals surface area contributed by atoms with Crippen molar-refractivity contribution in [3.05, 3.63) is 30.1 Å². The topological polar surface area (TPSA) is 57.6 Å². The summed E-state index contributed by atoms with van der Waals surface area (Å²) in [7, 11) is 0. The van der Waals surface area contributed by atoms with Crippen molar-refractivity contribution in [3.63, 3.8) is 0 Å². The molecule has 0 saturated carbocycles. The number of thioether (sulfide) groups is 1. The molecule has 110 valence electrons. The number of benzene rings is 1. The van der Waals surface area contributed by atoms with E-state index in [4.69, 9.17) is 5.11 Å². The molecule has 0 atom stereocenters. The zero-order valence-corrected chi connectivity index (χ0v) is 12.5. The van der Waals surface area contributed by atoms with Crippen LogP contribution in [0.15, 0.2) is 29.2 Å². The fourth-order valence-electron chi connectivity index (χ4n) is 1.61. The number of hydrogen-bond donors (Lipinski definition) is 1. The monoisotopic (exact) mass is 299 g/mol. The Morgan fingerprint density at radius 1 is 1.30 bits per heavy atom. The highest BCUT2D eigenvalue weighted by molar-refractivity contribution is 8.00. The van der Waals surface area contributed by atoms with Gasteiger partial charge in [0.05, 0.1) is 5.75 Å². The molecule has 0 aliphatic heterocycles. The molecular weight excluding hydrogens is 281 g/mol. The van der Waals surface area contributed by atoms with Crippen LogP contribution >= 0.6 is 11.8 Å². The van der Waals surface area contributed by atoms with E-state index in [0.29, 0.717) is 4.90 Å². The van der Waals surface area contributed by atoms with E-state index in [2.05, 4.69) is 0 Å². The molecular formula is C14H18FNO3S. The number of amides is 1. The second kappa shape index (κ2) is 6.74. The first kappa shape index (κ1) is 16.5. The van der Waals surface area contributed by atoms with Gasteiger partial charge in [-0.3, -0.25) is 9.59 Å². The molecule has 0 aliphatic rings. The number of rotatable bonds is 5. The molecule has 0 spiro atoms. The van der Waals surface area contributed by atoms with E-state index in [1.165, 1.54) is 11.0 Å². The predicted octanol–water partition coefficient (Wildman–Crippen LogP) is 2.63. The molecule has 1 N–H and O–H groups in total. The van der Waals surface area contributed by atoms with E-state index in [1.54, 1.807) is 39.0 Å². The SMILES string of the molecule is CC(C)(C)N(CC(=O)O)C(=O)CSc1ccccc1F. The molecule has 0 radical (unpaired) electrons. The minimum absolute atomic E-state index is 0.00544. The van der Waals surface area contributed by atoms with Crippen LogP contribution in [0.1, 0.15) is 20.8 Å². The second-order valence-electron chi connectivity index (χ2n) is 5.26. The first-order chi connectivity index (χ1) is 9.21. The Kier molecular flexibility index (Phi) is 5.56. The highest BCUT2D eigenvalue weighted by Crippen LogP contribution is 2.23. The number of carbonyl (C=O) groups excluding carboxylic acids is 1. The van der Waals surface area contributed by atoms with E-state index in [0.717, 1.165) is 11.8 Å². The number of hydrogen-bond acceptors (Lipinski definition) is 3. The van der Waals surface area contributed by atoms with Crippen LogP contribution in [0.5, 0.6) is 0 Å². The summed E-state index contributed by atoms with van der Waals surface area (Å²) < 4.78 is 13.4. The van der Waals surface area contributed by atoms with Gasteiger partial charge in [0, 0.05) is 10.4 Å². The Labute approximate surface area is 122 Å². The van der Waals surface area contributed by atoms with Crippen molar-refractivity contribution in [2.75, 3.05) is 12.3 Å². The summed E-state index contributed by atoms with van der Waals surface area (Å²) in [5, 5.41) is 8.86. The molecule has 1 rings (SSSR count). The maximum absolute atomic E-state index is 13.4. The van der Waals surface area contributed by atoms with Gasteiger partial charge >= 0.3 is 5.97 Å². The van der Waals surface area contributed by atoms with Gasteiger partial charge in [0.15, 0.2) is 0 Å². The fourth-order valence-corrected chi connectivity index (χ4v) is 2.43. The van der Waals surface area contributed by atoms with Gasteiger partial charge in [-0.05, 0) is 32.9 Å². The average Bonchev–Trinajstić information content (AvgIpc) is 2.33. The maximum Gasteiger partial charge on any atom is 0.323 e. The Bertz CT molecular complexity index is 499. The summed E-state index contributed by atoms with van der Waals surface area (Å²) in [5.41, 5.74) is -0.592. The predicted molar refractivity (Wildman–Crippen MR) is 76.2 cm³/mol. The second-order valence-corrected chi connectivity index (χ2v) is 6.28. The number of carboxylic acid groups (broad SMARTS) is 1. The number of halogens is 1. The van der Waals surface area contributed by atoms with Crippen molar-refractivity contribution in [2.24, 2.45) is 0 Å². The van der Waals surface area contributed by atoms with Gasteiger partial charge in [0.25, 0.3) is 0 Å². The number of nitrogens with zero attached hydrogens (tertiary/aromatic N) is 1. The van der Waals surface area contributed by atoms with Gasteiger partial charge in [0.2, 0.25) is 5.91 Å². The average molecular weight is 299 g/mol. The maximum atomic E-state index is 13.4. The Hall–Kier alpha value is -1.56. The van der Waals surface area contributed by atoms with Crippen LogP contribution in [0, 0.1) is 5.82 Å². The molecule has 20 heavy (non-hydrogen) atoms. The van der Waals surface area contributed by atoms with E-state index < -0.39 is 11.5 Å². The lowest BCUT2D eigenvalue weighted by Crippen LogP contribution is -2.49. The van der Waals surface area contributed by atoms with E-state index >= 15 is 0 Å². The Morgan fingerprint density at radius 2 is 1.90 bits per heavy atom. The zero-order valence-electron chi connectivity index (χ0n) is 11.7. The summed E-state index contributed by atoms with van der Waals surface area (Å²) in [4.78, 5) is 24.6. The van der Waals surface area contributed by atoms with Crippen molar-refractivity contribution in [1.82, 2.24) is 4.90 Å². The third-order valence-electron chi connectivity index (χ3n) is 2.59. The first-order valence-electron chi connectivity index (χ1n) is 6.11. The quantitative estimate of drug-likeness (QED) is 0.849. The summed E-state index contributed by atoms with van der Waals surface area (Å²) in [6.07, 6.45) is 0. The molecule has 1 amide bonds. The Balaban J connectivity index is 2.72. The van der Waals surface area contributed by atoms with Gasteiger partial charge in [0.1, 0.15) is 12.4 Å². The lowest BCUT2D eigenvalue weighted by molar-refractivity contribution is -0.146. The van der Waals surface area contributed by atoms with Gasteiger partial charge in [-0.1, -0.05) is 12.1 Å². The van der Waals surface area contributed by atoms with Crippen LogP contribution in [-0.4, -0.2) is 39.7 Å². The Morgan fingerprint density at radius 3 is 2.40 bits per heavy atom. The number of carbonyl (C=O) groups is 2. The van der Waals surface area contributed by atoms with Crippen molar-refractivity contribution in [2.45, 2.75) is 31.2 Å². The molecule has 1 aromatic carbocycles. The summed E-state index contributed by atoms with van der Waals surface area (Å²) in [5.74, 6) is -1.77. The highest BCUT2D eigenvalue weighted by atomic mass is 32.2. The van der Waals surface area contributed by atoms with Gasteiger partial charge in [-0.25, -0.2) is 4.39 Å². The van der Waals surface area contributed by atoms with Crippen LogP contribution in [0.2, 0.25) is 0 Å². The van der Waals surface area contributed by atoms with Crippen LogP contribution in [0.3, 0.4) is 0 Å². The van der Waals surface area contributed by atoms with E-state index in [-0.39, 0.29) is 24.0 Å². The minimum Gasteiger partial charge on any atom is -0.480 e. The molecule has 0 bridgehead atoms. The molecule has 0 aliphatic carbocycles. The largest absolute Gasteiger partial charge is 0.480 e. The minimum atomic E-state index is -1.07. The molecule has 0 unspecified atom stereocenters. The van der Waals surface area contributed by atoms with Gasteiger partial charge in [-0.2, -0.15) is 0 Å². The van der Waals surface area contributed by atoms with Crippen LogP contribution in [-0.2, 0) is 9.59 Å². The van der Waals surface area contributed by atoms with Crippen LogP contribution in [0.25, 0.3) is 0 Å².